The second kappa shape index (κ2) is 7.59. The van der Waals surface area contributed by atoms with Gasteiger partial charge in [0.05, 0.1) is 0 Å². The van der Waals surface area contributed by atoms with Crippen molar-refractivity contribution < 1.29 is 4.74 Å². The van der Waals surface area contributed by atoms with Crippen molar-refractivity contribution in [3.63, 3.8) is 0 Å². The van der Waals surface area contributed by atoms with Gasteiger partial charge in [0.15, 0.2) is 0 Å². The first-order valence-corrected chi connectivity index (χ1v) is 6.76. The molecule has 0 aliphatic heterocycles. The SMILES string of the molecule is C#CCOc1ccccc1CNCc1cccc(Cl)c1. The van der Waals surface area contributed by atoms with Gasteiger partial charge in [-0.25, -0.2) is 0 Å². The molecule has 0 amide bonds. The lowest BCUT2D eigenvalue weighted by Gasteiger charge is -2.10. The van der Waals surface area contributed by atoms with Crippen molar-refractivity contribution in [1.29, 1.82) is 0 Å². The van der Waals surface area contributed by atoms with Crippen LogP contribution in [0.1, 0.15) is 11.1 Å². The second-order valence-corrected chi connectivity index (χ2v) is 4.77. The van der Waals surface area contributed by atoms with Gasteiger partial charge in [0.1, 0.15) is 12.4 Å². The van der Waals surface area contributed by atoms with Crippen molar-refractivity contribution in [3.8, 4) is 18.1 Å². The highest BCUT2D eigenvalue weighted by atomic mass is 35.5. The van der Waals surface area contributed by atoms with Crippen LogP contribution >= 0.6 is 11.6 Å². The molecule has 2 nitrogen and oxygen atoms in total. The van der Waals surface area contributed by atoms with E-state index in [2.05, 4.69) is 11.2 Å². The molecule has 0 aromatic heterocycles. The predicted octanol–water partition coefficient (Wildman–Crippen LogP) is 3.64. The van der Waals surface area contributed by atoms with Crippen molar-refractivity contribution in [2.75, 3.05) is 6.61 Å². The standard InChI is InChI=1S/C17H16ClNO/c1-2-10-20-17-9-4-3-7-15(17)13-19-12-14-6-5-8-16(18)11-14/h1,3-9,11,19H,10,12-13H2. The zero-order valence-corrected chi connectivity index (χ0v) is 11.9. The van der Waals surface area contributed by atoms with Crippen LogP contribution in [-0.4, -0.2) is 6.61 Å². The van der Waals surface area contributed by atoms with E-state index >= 15 is 0 Å². The molecule has 0 spiro atoms. The molecule has 20 heavy (non-hydrogen) atoms. The lowest BCUT2D eigenvalue weighted by molar-refractivity contribution is 0.365. The Morgan fingerprint density at radius 3 is 2.75 bits per heavy atom. The molecule has 0 saturated carbocycles. The smallest absolute Gasteiger partial charge is 0.148 e. The molecule has 1 N–H and O–H groups in total. The van der Waals surface area contributed by atoms with Gasteiger partial charge in [0.2, 0.25) is 0 Å². The first-order valence-electron chi connectivity index (χ1n) is 6.39. The molecule has 3 heteroatoms. The number of benzene rings is 2. The minimum atomic E-state index is 0.283. The number of para-hydroxylation sites is 1. The summed E-state index contributed by atoms with van der Waals surface area (Å²) in [6, 6.07) is 15.7. The molecule has 0 bridgehead atoms. The molecule has 0 saturated heterocycles. The number of ether oxygens (including phenoxy) is 1. The molecule has 0 heterocycles. The van der Waals surface area contributed by atoms with Gasteiger partial charge in [-0.3, -0.25) is 0 Å². The van der Waals surface area contributed by atoms with Crippen molar-refractivity contribution in [2.45, 2.75) is 13.1 Å². The van der Waals surface area contributed by atoms with Crippen LogP contribution in [0.5, 0.6) is 5.75 Å². The van der Waals surface area contributed by atoms with E-state index in [1.54, 1.807) is 0 Å². The number of hydrogen-bond acceptors (Lipinski definition) is 2. The third-order valence-electron chi connectivity index (χ3n) is 2.82. The van der Waals surface area contributed by atoms with E-state index in [1.165, 1.54) is 0 Å². The Morgan fingerprint density at radius 1 is 1.10 bits per heavy atom. The number of halogens is 1. The van der Waals surface area contributed by atoms with Gasteiger partial charge in [-0.2, -0.15) is 0 Å². The third kappa shape index (κ3) is 4.31. The summed E-state index contributed by atoms with van der Waals surface area (Å²) in [5.41, 5.74) is 2.24. The average Bonchev–Trinajstić information content (AvgIpc) is 2.46. The van der Waals surface area contributed by atoms with Gasteiger partial charge in [-0.05, 0) is 23.8 Å². The van der Waals surface area contributed by atoms with E-state index in [9.17, 15) is 0 Å². The summed E-state index contributed by atoms with van der Waals surface area (Å²) in [4.78, 5) is 0. The second-order valence-electron chi connectivity index (χ2n) is 4.33. The predicted molar refractivity (Wildman–Crippen MR) is 82.8 cm³/mol. The lowest BCUT2D eigenvalue weighted by atomic mass is 10.2. The summed E-state index contributed by atoms with van der Waals surface area (Å²) in [6.07, 6.45) is 5.21. The van der Waals surface area contributed by atoms with Gasteiger partial charge in [-0.15, -0.1) is 6.42 Å². The van der Waals surface area contributed by atoms with Crippen molar-refractivity contribution >= 4 is 11.6 Å². The van der Waals surface area contributed by atoms with Crippen LogP contribution in [0.3, 0.4) is 0 Å². The summed E-state index contributed by atoms with van der Waals surface area (Å²) in [7, 11) is 0. The monoisotopic (exact) mass is 285 g/mol. The molecule has 0 radical (unpaired) electrons. The van der Waals surface area contributed by atoms with E-state index in [0.717, 1.165) is 28.4 Å². The fraction of sp³-hybridized carbons (Fsp3) is 0.176. The minimum Gasteiger partial charge on any atom is -0.481 e. The fourth-order valence-corrected chi connectivity index (χ4v) is 2.11. The van der Waals surface area contributed by atoms with Crippen LogP contribution in [0.4, 0.5) is 0 Å². The number of terminal acetylenes is 1. The van der Waals surface area contributed by atoms with Crippen LogP contribution in [0.2, 0.25) is 5.02 Å². The van der Waals surface area contributed by atoms with Gasteiger partial charge in [0.25, 0.3) is 0 Å². The van der Waals surface area contributed by atoms with E-state index in [-0.39, 0.29) is 6.61 Å². The molecule has 0 fully saturated rings. The largest absolute Gasteiger partial charge is 0.481 e. The van der Waals surface area contributed by atoms with Crippen LogP contribution in [0.15, 0.2) is 48.5 Å². The zero-order chi connectivity index (χ0) is 14.2. The summed E-state index contributed by atoms with van der Waals surface area (Å²) in [5, 5.41) is 4.12. The summed E-state index contributed by atoms with van der Waals surface area (Å²) < 4.78 is 5.51. The Labute approximate surface area is 124 Å². The van der Waals surface area contributed by atoms with Crippen molar-refractivity contribution in [2.24, 2.45) is 0 Å². The quantitative estimate of drug-likeness (QED) is 0.818. The molecule has 0 aliphatic rings. The molecular formula is C17H16ClNO. The normalized spacial score (nSPS) is 10.0. The van der Waals surface area contributed by atoms with Crippen LogP contribution < -0.4 is 10.1 Å². The van der Waals surface area contributed by atoms with Gasteiger partial charge < -0.3 is 10.1 Å². The minimum absolute atomic E-state index is 0.283. The maximum Gasteiger partial charge on any atom is 0.148 e. The number of rotatable bonds is 6. The molecule has 0 atom stereocenters. The Hall–Kier alpha value is -1.95. The van der Waals surface area contributed by atoms with Crippen LogP contribution in [-0.2, 0) is 13.1 Å². The zero-order valence-electron chi connectivity index (χ0n) is 11.1. The van der Waals surface area contributed by atoms with Gasteiger partial charge in [0, 0.05) is 23.7 Å². The summed E-state index contributed by atoms with van der Waals surface area (Å²) in [6.45, 7) is 1.75. The maximum atomic E-state index is 5.96. The van der Waals surface area contributed by atoms with Gasteiger partial charge in [-0.1, -0.05) is 47.9 Å². The summed E-state index contributed by atoms with van der Waals surface area (Å²) >= 11 is 5.96. The van der Waals surface area contributed by atoms with Crippen LogP contribution in [0, 0.1) is 12.3 Å². The fourth-order valence-electron chi connectivity index (χ4n) is 1.90. The number of nitrogens with one attached hydrogen (secondary N) is 1. The highest BCUT2D eigenvalue weighted by Gasteiger charge is 2.02. The van der Waals surface area contributed by atoms with E-state index in [4.69, 9.17) is 22.8 Å². The average molecular weight is 286 g/mol. The molecule has 0 aliphatic carbocycles. The highest BCUT2D eigenvalue weighted by Crippen LogP contribution is 2.18. The first-order chi connectivity index (χ1) is 9.79. The van der Waals surface area contributed by atoms with E-state index in [1.807, 2.05) is 48.5 Å². The Balaban J connectivity index is 1.92. The maximum absolute atomic E-state index is 5.96. The van der Waals surface area contributed by atoms with E-state index < -0.39 is 0 Å². The molecule has 2 aromatic carbocycles. The Kier molecular flexibility index (Phi) is 5.49. The first kappa shape index (κ1) is 14.5. The molecular weight excluding hydrogens is 270 g/mol. The molecule has 102 valence electrons. The molecule has 2 aromatic rings. The highest BCUT2D eigenvalue weighted by molar-refractivity contribution is 6.30. The Bertz CT molecular complexity index is 604. The third-order valence-corrected chi connectivity index (χ3v) is 3.05. The molecule has 0 unspecified atom stereocenters. The number of hydrogen-bond donors (Lipinski definition) is 1. The van der Waals surface area contributed by atoms with Crippen LogP contribution in [0.25, 0.3) is 0 Å². The van der Waals surface area contributed by atoms with Crippen molar-refractivity contribution in [1.82, 2.24) is 5.32 Å². The van der Waals surface area contributed by atoms with Crippen molar-refractivity contribution in [3.05, 3.63) is 64.7 Å². The van der Waals surface area contributed by atoms with E-state index in [0.29, 0.717) is 6.54 Å². The molecule has 2 rings (SSSR count). The lowest BCUT2D eigenvalue weighted by Crippen LogP contribution is -2.13. The topological polar surface area (TPSA) is 21.3 Å². The van der Waals surface area contributed by atoms with Gasteiger partial charge >= 0.3 is 0 Å². The summed E-state index contributed by atoms with van der Waals surface area (Å²) in [5.74, 6) is 3.30. The Morgan fingerprint density at radius 2 is 1.95 bits per heavy atom.